The van der Waals surface area contributed by atoms with Crippen LogP contribution in [-0.4, -0.2) is 61.5 Å². The molecule has 200 valence electrons. The normalized spacial score (nSPS) is 23.7. The Bertz CT molecular complexity index is 1280. The Kier molecular flexibility index (Phi) is 7.97. The van der Waals surface area contributed by atoms with Crippen molar-refractivity contribution in [1.82, 2.24) is 24.3 Å². The molecular weight excluding hydrogens is 497 g/mol. The molecule has 1 N–H and O–H groups in total. The fraction of sp³-hybridized carbons (Fsp3) is 0.654. The zero-order chi connectivity index (χ0) is 25.9. The van der Waals surface area contributed by atoms with E-state index in [1.165, 1.54) is 10.6 Å². The average molecular weight is 532 g/mol. The van der Waals surface area contributed by atoms with E-state index in [0.717, 1.165) is 49.8 Å². The topological polar surface area (TPSA) is 106 Å². The number of thioether (sulfide) groups is 1. The van der Waals surface area contributed by atoms with Crippen LogP contribution in [0.25, 0.3) is 11.0 Å². The monoisotopic (exact) mass is 531 g/mol. The summed E-state index contributed by atoms with van der Waals surface area (Å²) in [5.41, 5.74) is -0.616. The Morgan fingerprint density at radius 1 is 1.00 bits per heavy atom. The van der Waals surface area contributed by atoms with Crippen LogP contribution < -0.4 is 16.6 Å². The Morgan fingerprint density at radius 2 is 1.73 bits per heavy atom. The van der Waals surface area contributed by atoms with Crippen molar-refractivity contribution in [3.05, 3.63) is 38.9 Å². The molecule has 2 aromatic rings. The first-order chi connectivity index (χ1) is 17.9. The third-order valence-electron chi connectivity index (χ3n) is 7.91. The highest BCUT2D eigenvalue weighted by Gasteiger charge is 2.30. The van der Waals surface area contributed by atoms with E-state index in [1.807, 2.05) is 11.8 Å². The largest absolute Gasteiger partial charge is 0.352 e. The van der Waals surface area contributed by atoms with Gasteiger partial charge >= 0.3 is 5.69 Å². The number of halogens is 1. The highest BCUT2D eigenvalue weighted by molar-refractivity contribution is 7.99. The second kappa shape index (κ2) is 11.4. The van der Waals surface area contributed by atoms with Gasteiger partial charge in [0.15, 0.2) is 0 Å². The molecule has 1 aliphatic carbocycles. The molecule has 3 aliphatic rings. The SMILES string of the molecule is O=C(CN1CCCCCC1=O)N[C@H]1CC[C@@H](n2c(=O)c3cc(F)cnc3n(C3CCSCC3)c2=O)CC1. The van der Waals surface area contributed by atoms with E-state index >= 15 is 0 Å². The molecule has 4 heterocycles. The summed E-state index contributed by atoms with van der Waals surface area (Å²) in [6.45, 7) is 0.692. The summed E-state index contributed by atoms with van der Waals surface area (Å²) in [4.78, 5) is 57.8. The summed E-state index contributed by atoms with van der Waals surface area (Å²) >= 11 is 1.84. The molecule has 0 aromatic carbocycles. The van der Waals surface area contributed by atoms with Crippen molar-refractivity contribution in [3.8, 4) is 0 Å². The predicted octanol–water partition coefficient (Wildman–Crippen LogP) is 2.77. The summed E-state index contributed by atoms with van der Waals surface area (Å²) in [7, 11) is 0. The molecule has 2 amide bonds. The van der Waals surface area contributed by atoms with Crippen LogP contribution in [0.4, 0.5) is 4.39 Å². The van der Waals surface area contributed by atoms with Crippen molar-refractivity contribution in [2.75, 3.05) is 24.6 Å². The van der Waals surface area contributed by atoms with Gasteiger partial charge in [-0.05, 0) is 68.9 Å². The Hall–Kier alpha value is -2.69. The Morgan fingerprint density at radius 3 is 2.49 bits per heavy atom. The van der Waals surface area contributed by atoms with Crippen LogP contribution in [0.1, 0.15) is 76.3 Å². The number of nitrogens with zero attached hydrogens (tertiary/aromatic N) is 4. The number of fused-ring (bicyclic) bond motifs is 1. The molecule has 0 spiro atoms. The lowest BCUT2D eigenvalue weighted by Gasteiger charge is -2.32. The lowest BCUT2D eigenvalue weighted by atomic mass is 9.91. The zero-order valence-corrected chi connectivity index (χ0v) is 21.8. The van der Waals surface area contributed by atoms with Gasteiger partial charge in [0.05, 0.1) is 18.1 Å². The van der Waals surface area contributed by atoms with Crippen LogP contribution in [-0.2, 0) is 9.59 Å². The molecule has 0 bridgehead atoms. The Labute approximate surface area is 218 Å². The highest BCUT2D eigenvalue weighted by atomic mass is 32.2. The van der Waals surface area contributed by atoms with Gasteiger partial charge in [-0.3, -0.25) is 23.5 Å². The minimum absolute atomic E-state index is 0.0332. The van der Waals surface area contributed by atoms with Crippen LogP contribution in [0.15, 0.2) is 21.9 Å². The third kappa shape index (κ3) is 5.61. The van der Waals surface area contributed by atoms with Crippen molar-refractivity contribution in [3.63, 3.8) is 0 Å². The number of carbonyl (C=O) groups excluding carboxylic acids is 2. The Balaban J connectivity index is 1.32. The molecular formula is C26H34FN5O4S. The lowest BCUT2D eigenvalue weighted by Crippen LogP contribution is -2.48. The van der Waals surface area contributed by atoms with Crippen molar-refractivity contribution in [2.45, 2.75) is 82.3 Å². The fourth-order valence-electron chi connectivity index (χ4n) is 5.93. The van der Waals surface area contributed by atoms with Gasteiger partial charge < -0.3 is 10.2 Å². The molecule has 0 unspecified atom stereocenters. The number of likely N-dealkylation sites (tertiary alicyclic amines) is 1. The minimum Gasteiger partial charge on any atom is -0.352 e. The number of rotatable bonds is 5. The van der Waals surface area contributed by atoms with Gasteiger partial charge in [-0.1, -0.05) is 6.42 Å². The molecule has 9 nitrogen and oxygen atoms in total. The maximum absolute atomic E-state index is 14.1. The second-order valence-electron chi connectivity index (χ2n) is 10.4. The van der Waals surface area contributed by atoms with Gasteiger partial charge in [0.2, 0.25) is 11.8 Å². The fourth-order valence-corrected chi connectivity index (χ4v) is 7.01. The first-order valence-electron chi connectivity index (χ1n) is 13.4. The molecule has 2 saturated heterocycles. The van der Waals surface area contributed by atoms with E-state index in [9.17, 15) is 23.6 Å². The summed E-state index contributed by atoms with van der Waals surface area (Å²) in [6, 6.07) is 0.722. The molecule has 1 saturated carbocycles. The quantitative estimate of drug-likeness (QED) is 0.636. The van der Waals surface area contributed by atoms with Gasteiger partial charge in [-0.2, -0.15) is 11.8 Å². The molecule has 0 atom stereocenters. The van der Waals surface area contributed by atoms with E-state index < -0.39 is 11.4 Å². The molecule has 3 fully saturated rings. The summed E-state index contributed by atoms with van der Waals surface area (Å²) in [5, 5.41) is 3.18. The van der Waals surface area contributed by atoms with Gasteiger partial charge in [0, 0.05) is 31.1 Å². The van der Waals surface area contributed by atoms with Crippen molar-refractivity contribution in [1.29, 1.82) is 0 Å². The minimum atomic E-state index is -0.602. The standard InChI is InChI=1S/C26H34FN5O4S/c27-17-14-21-24(28-15-17)31(20-9-12-37-13-10-20)26(36)32(25(21)35)19-7-5-18(6-8-19)29-22(33)16-30-11-3-1-2-4-23(30)34/h14-15,18-20H,1-13,16H2,(H,29,33)/t18-,19+. The summed E-state index contributed by atoms with van der Waals surface area (Å²) < 4.78 is 17.0. The number of pyridine rings is 1. The van der Waals surface area contributed by atoms with Gasteiger partial charge in [-0.15, -0.1) is 0 Å². The van der Waals surface area contributed by atoms with Crippen LogP contribution in [0.3, 0.4) is 0 Å². The first-order valence-corrected chi connectivity index (χ1v) is 14.5. The van der Waals surface area contributed by atoms with Crippen molar-refractivity contribution < 1.29 is 14.0 Å². The molecule has 2 aromatic heterocycles. The molecule has 5 rings (SSSR count). The van der Waals surface area contributed by atoms with Crippen LogP contribution >= 0.6 is 11.8 Å². The van der Waals surface area contributed by atoms with E-state index in [2.05, 4.69) is 10.3 Å². The molecule has 0 radical (unpaired) electrons. The molecule has 37 heavy (non-hydrogen) atoms. The van der Waals surface area contributed by atoms with E-state index in [4.69, 9.17) is 0 Å². The first kappa shape index (κ1) is 25.9. The molecule has 2 aliphatic heterocycles. The predicted molar refractivity (Wildman–Crippen MR) is 140 cm³/mol. The zero-order valence-electron chi connectivity index (χ0n) is 21.0. The maximum atomic E-state index is 14.1. The third-order valence-corrected chi connectivity index (χ3v) is 8.96. The number of hydrogen-bond acceptors (Lipinski definition) is 6. The lowest BCUT2D eigenvalue weighted by molar-refractivity contribution is -0.135. The number of carbonyl (C=O) groups is 2. The van der Waals surface area contributed by atoms with E-state index in [1.54, 1.807) is 9.47 Å². The van der Waals surface area contributed by atoms with Gasteiger partial charge in [0.25, 0.3) is 5.56 Å². The van der Waals surface area contributed by atoms with Crippen LogP contribution in [0.2, 0.25) is 0 Å². The molecule has 11 heteroatoms. The van der Waals surface area contributed by atoms with E-state index in [-0.39, 0.29) is 53.2 Å². The smallest absolute Gasteiger partial charge is 0.333 e. The second-order valence-corrected chi connectivity index (χ2v) is 11.6. The maximum Gasteiger partial charge on any atom is 0.333 e. The van der Waals surface area contributed by atoms with Gasteiger partial charge in [-0.25, -0.2) is 14.2 Å². The van der Waals surface area contributed by atoms with Crippen molar-refractivity contribution >= 4 is 34.6 Å². The van der Waals surface area contributed by atoms with Crippen molar-refractivity contribution in [2.24, 2.45) is 0 Å². The summed E-state index contributed by atoms with van der Waals surface area (Å²) in [6.07, 6.45) is 8.31. The average Bonchev–Trinajstić information content (AvgIpc) is 3.10. The number of hydrogen-bond donors (Lipinski definition) is 1. The number of amides is 2. The van der Waals surface area contributed by atoms with Gasteiger partial charge in [0.1, 0.15) is 11.5 Å². The van der Waals surface area contributed by atoms with Crippen LogP contribution in [0.5, 0.6) is 0 Å². The summed E-state index contributed by atoms with van der Waals surface area (Å²) in [5.74, 6) is 1.11. The number of nitrogens with one attached hydrogen (secondary N) is 1. The van der Waals surface area contributed by atoms with Crippen LogP contribution in [0, 0.1) is 5.82 Å². The van der Waals surface area contributed by atoms with E-state index in [0.29, 0.717) is 38.6 Å². The highest BCUT2D eigenvalue weighted by Crippen LogP contribution is 2.30. The number of aromatic nitrogens is 3.